The third-order valence-corrected chi connectivity index (χ3v) is 5.53. The van der Waals surface area contributed by atoms with Crippen molar-refractivity contribution in [1.29, 1.82) is 0 Å². The Morgan fingerprint density at radius 3 is 2.03 bits per heavy atom. The van der Waals surface area contributed by atoms with Crippen molar-refractivity contribution in [3.05, 3.63) is 114 Å². The molecule has 0 radical (unpaired) electrons. The highest BCUT2D eigenvalue weighted by molar-refractivity contribution is 6.02. The van der Waals surface area contributed by atoms with E-state index in [2.05, 4.69) is 20.8 Å². The van der Waals surface area contributed by atoms with Gasteiger partial charge >= 0.3 is 0 Å². The first kappa shape index (κ1) is 22.8. The monoisotopic (exact) mass is 478 g/mol. The average Bonchev–Trinajstić information content (AvgIpc) is 3.62. The normalized spacial score (nSPS) is 10.7. The summed E-state index contributed by atoms with van der Waals surface area (Å²) in [5.74, 6) is 0.539. The minimum absolute atomic E-state index is 0.206. The first-order valence-electron chi connectivity index (χ1n) is 11.3. The molecule has 5 rings (SSSR count). The molecule has 0 spiro atoms. The van der Waals surface area contributed by atoms with Gasteiger partial charge in [0.25, 0.3) is 11.8 Å². The summed E-state index contributed by atoms with van der Waals surface area (Å²) in [7, 11) is 0. The summed E-state index contributed by atoms with van der Waals surface area (Å²) >= 11 is 0. The van der Waals surface area contributed by atoms with Crippen LogP contribution in [0.4, 0.5) is 5.69 Å². The van der Waals surface area contributed by atoms with Crippen LogP contribution in [0.5, 0.6) is 0 Å². The predicted molar refractivity (Wildman–Crippen MR) is 134 cm³/mol. The van der Waals surface area contributed by atoms with Crippen LogP contribution in [0.1, 0.15) is 32.0 Å². The lowest BCUT2D eigenvalue weighted by molar-refractivity contribution is 0.0949. The maximum Gasteiger partial charge on any atom is 0.291 e. The fourth-order valence-electron chi connectivity index (χ4n) is 3.51. The summed E-state index contributed by atoms with van der Waals surface area (Å²) in [6.45, 7) is 2.36. The number of nitrogens with zero attached hydrogens (tertiary/aromatic N) is 2. The molecule has 5 aromatic rings. The SMILES string of the molecule is Cc1ccc(-c2nnc(-c3ccc(C(=O)NCc4ccc(NC(=O)c5ccco5)cc4)cc3)o2)cc1. The van der Waals surface area contributed by atoms with Gasteiger partial charge in [0.15, 0.2) is 5.76 Å². The Morgan fingerprint density at radius 2 is 1.42 bits per heavy atom. The summed E-state index contributed by atoms with van der Waals surface area (Å²) in [5.41, 5.74) is 4.77. The lowest BCUT2D eigenvalue weighted by Crippen LogP contribution is -2.22. The average molecular weight is 479 g/mol. The molecule has 8 heteroatoms. The topological polar surface area (TPSA) is 110 Å². The number of amides is 2. The molecule has 36 heavy (non-hydrogen) atoms. The molecule has 2 N–H and O–H groups in total. The number of aromatic nitrogens is 2. The molecular weight excluding hydrogens is 456 g/mol. The van der Waals surface area contributed by atoms with Crippen LogP contribution in [0, 0.1) is 6.92 Å². The molecule has 0 aliphatic carbocycles. The molecule has 0 atom stereocenters. The van der Waals surface area contributed by atoms with Gasteiger partial charge in [-0.25, -0.2) is 0 Å². The van der Waals surface area contributed by atoms with Crippen LogP contribution in [0.3, 0.4) is 0 Å². The number of hydrogen-bond donors (Lipinski definition) is 2. The summed E-state index contributed by atoms with van der Waals surface area (Å²) < 4.78 is 10.9. The highest BCUT2D eigenvalue weighted by Crippen LogP contribution is 2.24. The van der Waals surface area contributed by atoms with Crippen molar-refractivity contribution in [3.63, 3.8) is 0 Å². The summed E-state index contributed by atoms with van der Waals surface area (Å²) in [6.07, 6.45) is 1.45. The van der Waals surface area contributed by atoms with Crippen LogP contribution in [0.2, 0.25) is 0 Å². The van der Waals surface area contributed by atoms with Gasteiger partial charge in [0, 0.05) is 28.9 Å². The third kappa shape index (κ3) is 5.23. The van der Waals surface area contributed by atoms with Crippen molar-refractivity contribution in [3.8, 4) is 22.9 Å². The second-order valence-electron chi connectivity index (χ2n) is 8.17. The standard InChI is InChI=1S/C28H22N4O4/c1-18-4-8-21(9-5-18)27-31-32-28(36-27)22-12-10-20(11-13-22)25(33)29-17-19-6-14-23(15-7-19)30-26(34)24-3-2-16-35-24/h2-16H,17H2,1H3,(H,29,33)(H,30,34). The largest absolute Gasteiger partial charge is 0.459 e. The van der Waals surface area contributed by atoms with Crippen LogP contribution in [-0.4, -0.2) is 22.0 Å². The van der Waals surface area contributed by atoms with E-state index >= 15 is 0 Å². The first-order valence-corrected chi connectivity index (χ1v) is 11.3. The molecule has 0 saturated carbocycles. The number of aryl methyl sites for hydroxylation is 1. The Labute approximate surface area is 207 Å². The van der Waals surface area contributed by atoms with Gasteiger partial charge < -0.3 is 19.5 Å². The molecular formula is C28H22N4O4. The van der Waals surface area contributed by atoms with E-state index in [0.717, 1.165) is 22.3 Å². The van der Waals surface area contributed by atoms with E-state index in [0.29, 0.717) is 29.6 Å². The van der Waals surface area contributed by atoms with Crippen molar-refractivity contribution in [1.82, 2.24) is 15.5 Å². The van der Waals surface area contributed by atoms with E-state index < -0.39 is 0 Å². The van der Waals surface area contributed by atoms with E-state index in [-0.39, 0.29) is 17.6 Å². The van der Waals surface area contributed by atoms with Gasteiger partial charge in [-0.2, -0.15) is 0 Å². The maximum absolute atomic E-state index is 12.6. The minimum atomic E-state index is -0.323. The molecule has 0 aliphatic rings. The molecule has 0 aliphatic heterocycles. The second kappa shape index (κ2) is 10.1. The number of anilines is 1. The number of rotatable bonds is 7. The van der Waals surface area contributed by atoms with Crippen molar-refractivity contribution in [2.45, 2.75) is 13.5 Å². The molecule has 2 aromatic heterocycles. The number of benzene rings is 3. The summed E-state index contributed by atoms with van der Waals surface area (Å²) in [4.78, 5) is 24.6. The zero-order chi connectivity index (χ0) is 24.9. The molecule has 0 bridgehead atoms. The molecule has 0 unspecified atom stereocenters. The van der Waals surface area contributed by atoms with Crippen molar-refractivity contribution >= 4 is 17.5 Å². The smallest absolute Gasteiger partial charge is 0.291 e. The van der Waals surface area contributed by atoms with Gasteiger partial charge in [0.2, 0.25) is 11.8 Å². The molecule has 0 saturated heterocycles. The Hall–Kier alpha value is -4.98. The third-order valence-electron chi connectivity index (χ3n) is 5.53. The Kier molecular flexibility index (Phi) is 6.40. The van der Waals surface area contributed by atoms with Gasteiger partial charge in [-0.3, -0.25) is 9.59 Å². The van der Waals surface area contributed by atoms with E-state index in [9.17, 15) is 9.59 Å². The lowest BCUT2D eigenvalue weighted by Gasteiger charge is -2.08. The van der Waals surface area contributed by atoms with Gasteiger partial charge in [0.1, 0.15) is 0 Å². The minimum Gasteiger partial charge on any atom is -0.459 e. The molecule has 2 heterocycles. The number of nitrogens with one attached hydrogen (secondary N) is 2. The predicted octanol–water partition coefficient (Wildman–Crippen LogP) is 5.49. The van der Waals surface area contributed by atoms with Gasteiger partial charge in [-0.05, 0) is 73.2 Å². The van der Waals surface area contributed by atoms with Gasteiger partial charge in [-0.1, -0.05) is 29.8 Å². The highest BCUT2D eigenvalue weighted by atomic mass is 16.4. The first-order chi connectivity index (χ1) is 17.5. The highest BCUT2D eigenvalue weighted by Gasteiger charge is 2.12. The van der Waals surface area contributed by atoms with Gasteiger partial charge in [0.05, 0.1) is 6.26 Å². The van der Waals surface area contributed by atoms with Crippen molar-refractivity contribution < 1.29 is 18.4 Å². The second-order valence-corrected chi connectivity index (χ2v) is 8.17. The Bertz CT molecular complexity index is 1470. The van der Waals surface area contributed by atoms with Crippen LogP contribution in [0.25, 0.3) is 22.9 Å². The lowest BCUT2D eigenvalue weighted by atomic mass is 10.1. The zero-order valence-electron chi connectivity index (χ0n) is 19.4. The number of hydrogen-bond acceptors (Lipinski definition) is 6. The fraction of sp³-hybridized carbons (Fsp3) is 0.0714. The molecule has 0 fully saturated rings. The molecule has 2 amide bonds. The van der Waals surface area contributed by atoms with Crippen LogP contribution >= 0.6 is 0 Å². The summed E-state index contributed by atoms with van der Waals surface area (Å²) in [6, 6.07) is 25.3. The maximum atomic E-state index is 12.6. The molecule has 3 aromatic carbocycles. The number of carbonyl (C=O) groups is 2. The Morgan fingerprint density at radius 1 is 0.778 bits per heavy atom. The molecule has 8 nitrogen and oxygen atoms in total. The van der Waals surface area contributed by atoms with Crippen LogP contribution < -0.4 is 10.6 Å². The number of carbonyl (C=O) groups excluding carboxylic acids is 2. The van der Waals surface area contributed by atoms with E-state index in [1.807, 2.05) is 43.3 Å². The van der Waals surface area contributed by atoms with E-state index in [4.69, 9.17) is 8.83 Å². The van der Waals surface area contributed by atoms with E-state index in [1.54, 1.807) is 48.5 Å². The van der Waals surface area contributed by atoms with Crippen LogP contribution in [-0.2, 0) is 6.54 Å². The quantitative estimate of drug-likeness (QED) is 0.320. The van der Waals surface area contributed by atoms with Crippen molar-refractivity contribution in [2.24, 2.45) is 0 Å². The fourth-order valence-corrected chi connectivity index (χ4v) is 3.51. The summed E-state index contributed by atoms with van der Waals surface area (Å²) in [5, 5.41) is 13.9. The van der Waals surface area contributed by atoms with Gasteiger partial charge in [-0.15, -0.1) is 10.2 Å². The Balaban J connectivity index is 1.16. The zero-order valence-corrected chi connectivity index (χ0v) is 19.4. The number of furan rings is 1. The molecule has 178 valence electrons. The van der Waals surface area contributed by atoms with Crippen LogP contribution in [0.15, 0.2) is 100 Å². The van der Waals surface area contributed by atoms with E-state index in [1.165, 1.54) is 6.26 Å². The van der Waals surface area contributed by atoms with Crippen molar-refractivity contribution in [2.75, 3.05) is 5.32 Å².